The Bertz CT molecular complexity index is 1340. The van der Waals surface area contributed by atoms with E-state index in [2.05, 4.69) is 32.7 Å². The maximum Gasteiger partial charge on any atom is 0.337 e. The molecule has 9 heteroatoms. The predicted molar refractivity (Wildman–Crippen MR) is 137 cm³/mol. The molecule has 0 radical (unpaired) electrons. The summed E-state index contributed by atoms with van der Waals surface area (Å²) in [5.74, 6) is 0.687. The number of ether oxygens (including phenoxy) is 1. The van der Waals surface area contributed by atoms with Crippen molar-refractivity contribution in [3.05, 3.63) is 66.4 Å². The summed E-state index contributed by atoms with van der Waals surface area (Å²) < 4.78 is 6.79. The number of hydrogen-bond donors (Lipinski definition) is 3. The number of aliphatic hydroxyl groups excluding tert-OH is 1. The smallest absolute Gasteiger partial charge is 0.337 e. The molecule has 9 nitrogen and oxygen atoms in total. The average Bonchev–Trinajstić information content (AvgIpc) is 3.25. The van der Waals surface area contributed by atoms with Gasteiger partial charge in [-0.15, -0.1) is 0 Å². The summed E-state index contributed by atoms with van der Waals surface area (Å²) in [6.07, 6.45) is 3.33. The van der Waals surface area contributed by atoms with Crippen molar-refractivity contribution in [2.24, 2.45) is 7.05 Å². The molecule has 180 valence electrons. The van der Waals surface area contributed by atoms with E-state index >= 15 is 0 Å². The van der Waals surface area contributed by atoms with Gasteiger partial charge in [-0.05, 0) is 61.4 Å². The third-order valence-electron chi connectivity index (χ3n) is 6.22. The number of carbonyl (C=O) groups is 1. The van der Waals surface area contributed by atoms with Gasteiger partial charge in [0, 0.05) is 43.4 Å². The van der Waals surface area contributed by atoms with E-state index in [0.717, 1.165) is 54.0 Å². The number of benzene rings is 2. The van der Waals surface area contributed by atoms with Gasteiger partial charge in [-0.1, -0.05) is 6.07 Å². The van der Waals surface area contributed by atoms with Crippen LogP contribution in [0.25, 0.3) is 11.0 Å². The lowest BCUT2D eigenvalue weighted by atomic mass is 10.1. The van der Waals surface area contributed by atoms with Gasteiger partial charge in [0.25, 0.3) is 0 Å². The minimum absolute atomic E-state index is 0.192. The molecule has 2 aromatic heterocycles. The number of piperidine rings is 1. The molecule has 0 unspecified atom stereocenters. The summed E-state index contributed by atoms with van der Waals surface area (Å²) >= 11 is 0. The van der Waals surface area contributed by atoms with Gasteiger partial charge < -0.3 is 29.9 Å². The molecule has 0 atom stereocenters. The highest BCUT2D eigenvalue weighted by Gasteiger charge is 2.17. The number of fused-ring (bicyclic) bond motifs is 1. The van der Waals surface area contributed by atoms with Gasteiger partial charge in [0.2, 0.25) is 5.95 Å². The summed E-state index contributed by atoms with van der Waals surface area (Å²) in [4.78, 5) is 23.6. The average molecular weight is 473 g/mol. The van der Waals surface area contributed by atoms with E-state index in [-0.39, 0.29) is 6.10 Å². The number of nitrogens with zero attached hydrogens (tertiary/aromatic N) is 4. The summed E-state index contributed by atoms with van der Waals surface area (Å²) in [6.45, 7) is 1.71. The number of carbonyl (C=O) groups excluding carboxylic acids is 1. The summed E-state index contributed by atoms with van der Waals surface area (Å²) in [5.41, 5.74) is 4.82. The fourth-order valence-electron chi connectivity index (χ4n) is 4.32. The molecule has 0 saturated carbocycles. The molecule has 3 heterocycles. The fourth-order valence-corrected chi connectivity index (χ4v) is 4.32. The number of anilines is 5. The van der Waals surface area contributed by atoms with E-state index < -0.39 is 5.97 Å². The first-order valence-electron chi connectivity index (χ1n) is 11.6. The highest BCUT2D eigenvalue weighted by molar-refractivity contribution is 5.92. The van der Waals surface area contributed by atoms with Crippen LogP contribution in [0.1, 0.15) is 23.2 Å². The van der Waals surface area contributed by atoms with Gasteiger partial charge in [-0.25, -0.2) is 9.78 Å². The molecule has 2 aromatic carbocycles. The third kappa shape index (κ3) is 4.90. The lowest BCUT2D eigenvalue weighted by Gasteiger charge is -2.31. The van der Waals surface area contributed by atoms with Crippen molar-refractivity contribution >= 4 is 45.8 Å². The number of esters is 1. The Morgan fingerprint density at radius 2 is 1.80 bits per heavy atom. The van der Waals surface area contributed by atoms with Gasteiger partial charge in [0.15, 0.2) is 5.82 Å². The maximum atomic E-state index is 11.9. The molecule has 0 bridgehead atoms. The van der Waals surface area contributed by atoms with E-state index in [1.807, 2.05) is 42.1 Å². The number of aromatic nitrogens is 3. The molecule has 1 aliphatic rings. The third-order valence-corrected chi connectivity index (χ3v) is 6.22. The van der Waals surface area contributed by atoms with Gasteiger partial charge in [-0.2, -0.15) is 4.98 Å². The number of aliphatic hydroxyl groups is 1. The van der Waals surface area contributed by atoms with Crippen LogP contribution in [0.5, 0.6) is 0 Å². The Balaban J connectivity index is 1.39. The van der Waals surface area contributed by atoms with Crippen LogP contribution >= 0.6 is 0 Å². The van der Waals surface area contributed by atoms with Crippen LogP contribution in [0.2, 0.25) is 0 Å². The Kier molecular flexibility index (Phi) is 6.24. The number of nitrogens with one attached hydrogen (secondary N) is 2. The molecule has 0 amide bonds. The van der Waals surface area contributed by atoms with E-state index in [0.29, 0.717) is 17.3 Å². The first-order valence-corrected chi connectivity index (χ1v) is 11.6. The summed E-state index contributed by atoms with van der Waals surface area (Å²) in [6, 6.07) is 17.2. The maximum absolute atomic E-state index is 11.9. The second-order valence-electron chi connectivity index (χ2n) is 8.64. The summed E-state index contributed by atoms with van der Waals surface area (Å²) in [7, 11) is 3.30. The van der Waals surface area contributed by atoms with Crippen molar-refractivity contribution < 1.29 is 14.6 Å². The molecule has 1 fully saturated rings. The van der Waals surface area contributed by atoms with Crippen molar-refractivity contribution in [1.29, 1.82) is 0 Å². The Morgan fingerprint density at radius 1 is 1.03 bits per heavy atom. The zero-order valence-corrected chi connectivity index (χ0v) is 19.7. The van der Waals surface area contributed by atoms with Crippen molar-refractivity contribution in [2.75, 3.05) is 35.7 Å². The lowest BCUT2D eigenvalue weighted by Crippen LogP contribution is -2.35. The van der Waals surface area contributed by atoms with Gasteiger partial charge in [-0.3, -0.25) is 0 Å². The molecule has 35 heavy (non-hydrogen) atoms. The molecule has 4 aromatic rings. The molecule has 5 rings (SSSR count). The van der Waals surface area contributed by atoms with Gasteiger partial charge in [0.1, 0.15) is 5.52 Å². The highest BCUT2D eigenvalue weighted by atomic mass is 16.5. The minimum Gasteiger partial charge on any atom is -0.465 e. The predicted octanol–water partition coefficient (Wildman–Crippen LogP) is 4.20. The van der Waals surface area contributed by atoms with Crippen LogP contribution in [-0.2, 0) is 11.8 Å². The first-order chi connectivity index (χ1) is 17.0. The van der Waals surface area contributed by atoms with Crippen molar-refractivity contribution in [3.8, 4) is 0 Å². The second-order valence-corrected chi connectivity index (χ2v) is 8.64. The minimum atomic E-state index is -0.396. The lowest BCUT2D eigenvalue weighted by molar-refractivity contribution is 0.0600. The number of aryl methyl sites for hydroxylation is 1. The Morgan fingerprint density at radius 3 is 2.54 bits per heavy atom. The normalized spacial score (nSPS) is 14.2. The Hall–Kier alpha value is -4.11. The van der Waals surface area contributed by atoms with Crippen molar-refractivity contribution in [1.82, 2.24) is 14.5 Å². The van der Waals surface area contributed by atoms with Gasteiger partial charge >= 0.3 is 5.97 Å². The number of hydrogen-bond acceptors (Lipinski definition) is 8. The standard InChI is InChI=1S/C26H28N6O3/c1-31-13-12-22-23(31)24(27-19-5-3-4-17(16-19)25(34)35-2)30-26(29-22)28-18-6-8-20(9-7-18)32-14-10-21(33)11-15-32/h3-9,12-13,16,21,33H,10-11,14-15H2,1-2H3,(H2,27,28,29,30). The molecule has 1 saturated heterocycles. The quantitative estimate of drug-likeness (QED) is 0.359. The van der Waals surface area contributed by atoms with Gasteiger partial charge in [0.05, 0.1) is 24.3 Å². The largest absolute Gasteiger partial charge is 0.465 e. The SMILES string of the molecule is COC(=O)c1cccc(Nc2nc(Nc3ccc(N4CCC(O)CC4)cc3)nc3ccn(C)c23)c1. The van der Waals surface area contributed by atoms with E-state index in [9.17, 15) is 9.90 Å². The Labute approximate surface area is 203 Å². The van der Waals surface area contributed by atoms with Crippen LogP contribution in [0.4, 0.5) is 28.8 Å². The fraction of sp³-hybridized carbons (Fsp3) is 0.269. The zero-order valence-electron chi connectivity index (χ0n) is 19.7. The molecule has 3 N–H and O–H groups in total. The van der Waals surface area contributed by atoms with Crippen molar-refractivity contribution in [3.63, 3.8) is 0 Å². The van der Waals surface area contributed by atoms with Crippen LogP contribution < -0.4 is 15.5 Å². The van der Waals surface area contributed by atoms with Crippen LogP contribution in [0, 0.1) is 0 Å². The molecule has 1 aliphatic heterocycles. The number of methoxy groups -OCH3 is 1. The van der Waals surface area contributed by atoms with Crippen LogP contribution in [0.3, 0.4) is 0 Å². The second kappa shape index (κ2) is 9.63. The molecular formula is C26H28N6O3. The van der Waals surface area contributed by atoms with Crippen LogP contribution in [0.15, 0.2) is 60.8 Å². The van der Waals surface area contributed by atoms with E-state index in [1.165, 1.54) is 7.11 Å². The summed E-state index contributed by atoms with van der Waals surface area (Å²) in [5, 5.41) is 16.4. The molecule has 0 spiro atoms. The molecular weight excluding hydrogens is 444 g/mol. The van der Waals surface area contributed by atoms with E-state index in [4.69, 9.17) is 9.72 Å². The molecule has 0 aliphatic carbocycles. The number of rotatable bonds is 6. The van der Waals surface area contributed by atoms with Crippen LogP contribution in [-0.4, -0.2) is 51.9 Å². The monoisotopic (exact) mass is 472 g/mol. The topological polar surface area (TPSA) is 105 Å². The van der Waals surface area contributed by atoms with E-state index in [1.54, 1.807) is 18.2 Å². The highest BCUT2D eigenvalue weighted by Crippen LogP contribution is 2.28. The van der Waals surface area contributed by atoms with Crippen molar-refractivity contribution in [2.45, 2.75) is 18.9 Å². The first kappa shape index (κ1) is 22.7. The zero-order chi connectivity index (χ0) is 24.4.